The summed E-state index contributed by atoms with van der Waals surface area (Å²) in [6.07, 6.45) is 2.48. The first-order chi connectivity index (χ1) is 9.28. The highest BCUT2D eigenvalue weighted by atomic mass is 32.2. The van der Waals surface area contributed by atoms with Gasteiger partial charge in [0.15, 0.2) is 0 Å². The Morgan fingerprint density at radius 1 is 1.53 bits per heavy atom. The number of nitrogens with one attached hydrogen (secondary N) is 1. The lowest BCUT2D eigenvalue weighted by Crippen LogP contribution is -2.24. The summed E-state index contributed by atoms with van der Waals surface area (Å²) in [5.41, 5.74) is 1.81. The summed E-state index contributed by atoms with van der Waals surface area (Å²) in [6.45, 7) is 0.805. The molecule has 1 aliphatic rings. The largest absolute Gasteiger partial charge is 0.497 e. The van der Waals surface area contributed by atoms with Gasteiger partial charge in [0.25, 0.3) is 0 Å². The zero-order chi connectivity index (χ0) is 13.2. The van der Waals surface area contributed by atoms with Crippen molar-refractivity contribution in [3.8, 4) is 5.75 Å². The van der Waals surface area contributed by atoms with Crippen molar-refractivity contribution < 1.29 is 4.74 Å². The van der Waals surface area contributed by atoms with Gasteiger partial charge in [0.2, 0.25) is 0 Å². The number of ether oxygens (including phenoxy) is 1. The zero-order valence-electron chi connectivity index (χ0n) is 11.0. The molecule has 2 aromatic rings. The predicted octanol–water partition coefficient (Wildman–Crippen LogP) is 2.48. The van der Waals surface area contributed by atoms with Gasteiger partial charge in [-0.1, -0.05) is 0 Å². The highest BCUT2D eigenvalue weighted by molar-refractivity contribution is 7.99. The van der Waals surface area contributed by atoms with Crippen LogP contribution in [0.5, 0.6) is 5.75 Å². The summed E-state index contributed by atoms with van der Waals surface area (Å²) in [5, 5.41) is 0. The van der Waals surface area contributed by atoms with Gasteiger partial charge in [-0.2, -0.15) is 11.8 Å². The van der Waals surface area contributed by atoms with E-state index in [0.717, 1.165) is 29.1 Å². The number of nitrogens with zero attached hydrogens (tertiary/aromatic N) is 1. The maximum absolute atomic E-state index is 12.1. The van der Waals surface area contributed by atoms with Crippen LogP contribution in [0.1, 0.15) is 12.8 Å². The molecule has 0 spiro atoms. The molecule has 19 heavy (non-hydrogen) atoms. The van der Waals surface area contributed by atoms with Crippen LogP contribution in [-0.4, -0.2) is 28.2 Å². The number of benzene rings is 1. The van der Waals surface area contributed by atoms with Crippen LogP contribution in [0.4, 0.5) is 0 Å². The molecule has 3 rings (SSSR count). The third-order valence-corrected chi connectivity index (χ3v) is 4.96. The number of imidazole rings is 1. The number of aromatic nitrogens is 2. The Bertz CT molecular complexity index is 626. The minimum atomic E-state index is -0.0150. The number of methoxy groups -OCH3 is 1. The lowest BCUT2D eigenvalue weighted by atomic mass is 10.1. The number of thioether (sulfide) groups is 1. The molecule has 1 atom stereocenters. The molecule has 1 saturated heterocycles. The van der Waals surface area contributed by atoms with Crippen LogP contribution >= 0.6 is 11.8 Å². The molecule has 2 heterocycles. The molecule has 4 nitrogen and oxygen atoms in total. The Hall–Kier alpha value is -1.36. The van der Waals surface area contributed by atoms with E-state index < -0.39 is 0 Å². The predicted molar refractivity (Wildman–Crippen MR) is 79.2 cm³/mol. The highest BCUT2D eigenvalue weighted by Gasteiger charge is 2.17. The lowest BCUT2D eigenvalue weighted by molar-refractivity contribution is 0.414. The zero-order valence-corrected chi connectivity index (χ0v) is 11.8. The van der Waals surface area contributed by atoms with Crippen LogP contribution in [0.15, 0.2) is 23.0 Å². The Morgan fingerprint density at radius 3 is 3.16 bits per heavy atom. The van der Waals surface area contributed by atoms with E-state index in [1.54, 1.807) is 7.11 Å². The monoisotopic (exact) mass is 278 g/mol. The van der Waals surface area contributed by atoms with Gasteiger partial charge in [0, 0.05) is 12.6 Å². The number of rotatable bonds is 3. The van der Waals surface area contributed by atoms with E-state index in [4.69, 9.17) is 4.74 Å². The fraction of sp³-hybridized carbons (Fsp3) is 0.500. The van der Waals surface area contributed by atoms with Crippen molar-refractivity contribution in [3.05, 3.63) is 28.7 Å². The van der Waals surface area contributed by atoms with Gasteiger partial charge in [-0.15, -0.1) is 0 Å². The molecule has 0 saturated carbocycles. The summed E-state index contributed by atoms with van der Waals surface area (Å²) in [5.74, 6) is 3.80. The molecule has 0 bridgehead atoms. The molecule has 1 aromatic carbocycles. The van der Waals surface area contributed by atoms with Crippen molar-refractivity contribution >= 4 is 22.8 Å². The smallest absolute Gasteiger partial charge is 0.326 e. The van der Waals surface area contributed by atoms with E-state index in [2.05, 4.69) is 4.98 Å². The molecule has 1 aliphatic heterocycles. The van der Waals surface area contributed by atoms with Gasteiger partial charge >= 0.3 is 5.69 Å². The van der Waals surface area contributed by atoms with Crippen molar-refractivity contribution in [2.45, 2.75) is 19.4 Å². The quantitative estimate of drug-likeness (QED) is 0.938. The SMILES string of the molecule is COc1ccc2[nH]c(=O)n(CC3CCCSC3)c2c1. The minimum absolute atomic E-state index is 0.0150. The van der Waals surface area contributed by atoms with E-state index in [1.807, 2.05) is 34.5 Å². The molecule has 0 aliphatic carbocycles. The van der Waals surface area contributed by atoms with Crippen LogP contribution in [0.2, 0.25) is 0 Å². The van der Waals surface area contributed by atoms with E-state index in [0.29, 0.717) is 5.92 Å². The molecule has 0 radical (unpaired) electrons. The molecule has 1 aromatic heterocycles. The van der Waals surface area contributed by atoms with Crippen LogP contribution in [-0.2, 0) is 6.54 Å². The average Bonchev–Trinajstić information content (AvgIpc) is 2.76. The first-order valence-corrected chi connectivity index (χ1v) is 7.77. The van der Waals surface area contributed by atoms with Crippen LogP contribution in [0, 0.1) is 5.92 Å². The minimum Gasteiger partial charge on any atom is -0.497 e. The second kappa shape index (κ2) is 5.33. The number of hydrogen-bond acceptors (Lipinski definition) is 3. The molecule has 1 fully saturated rings. The third kappa shape index (κ3) is 2.52. The normalized spacial score (nSPS) is 19.7. The van der Waals surface area contributed by atoms with Gasteiger partial charge in [-0.05, 0) is 42.4 Å². The van der Waals surface area contributed by atoms with Crippen LogP contribution < -0.4 is 10.4 Å². The summed E-state index contributed by atoms with van der Waals surface area (Å²) < 4.78 is 7.10. The van der Waals surface area contributed by atoms with Gasteiger partial charge in [-0.25, -0.2) is 4.79 Å². The van der Waals surface area contributed by atoms with Crippen molar-refractivity contribution in [3.63, 3.8) is 0 Å². The molecule has 1 unspecified atom stereocenters. The van der Waals surface area contributed by atoms with E-state index >= 15 is 0 Å². The van der Waals surface area contributed by atoms with E-state index in [9.17, 15) is 4.79 Å². The van der Waals surface area contributed by atoms with E-state index in [1.165, 1.54) is 18.6 Å². The molecule has 102 valence electrons. The molecule has 1 N–H and O–H groups in total. The molecular weight excluding hydrogens is 260 g/mol. The van der Waals surface area contributed by atoms with Gasteiger partial charge in [0.1, 0.15) is 5.75 Å². The molecule has 0 amide bonds. The number of fused-ring (bicyclic) bond motifs is 1. The summed E-state index contributed by atoms with van der Waals surface area (Å²) >= 11 is 1.99. The maximum atomic E-state index is 12.1. The van der Waals surface area contributed by atoms with Gasteiger partial charge in [0.05, 0.1) is 18.1 Å². The fourth-order valence-corrected chi connectivity index (χ4v) is 3.79. The van der Waals surface area contributed by atoms with Crippen molar-refractivity contribution in [1.29, 1.82) is 0 Å². The van der Waals surface area contributed by atoms with Crippen LogP contribution in [0.25, 0.3) is 11.0 Å². The first-order valence-electron chi connectivity index (χ1n) is 6.62. The Morgan fingerprint density at radius 2 is 2.42 bits per heavy atom. The number of hydrogen-bond donors (Lipinski definition) is 1. The summed E-state index contributed by atoms with van der Waals surface area (Å²) in [4.78, 5) is 15.0. The maximum Gasteiger partial charge on any atom is 0.326 e. The average molecular weight is 278 g/mol. The molecular formula is C14H18N2O2S. The summed E-state index contributed by atoms with van der Waals surface area (Å²) in [6, 6.07) is 5.71. The van der Waals surface area contributed by atoms with Gasteiger partial charge in [-0.3, -0.25) is 4.57 Å². The second-order valence-electron chi connectivity index (χ2n) is 5.01. The van der Waals surface area contributed by atoms with Gasteiger partial charge < -0.3 is 9.72 Å². The number of H-pyrrole nitrogens is 1. The second-order valence-corrected chi connectivity index (χ2v) is 6.16. The Balaban J connectivity index is 1.96. The highest BCUT2D eigenvalue weighted by Crippen LogP contribution is 2.25. The third-order valence-electron chi connectivity index (χ3n) is 3.68. The standard InChI is InChI=1S/C14H18N2O2S/c1-18-11-4-5-12-13(7-11)16(14(17)15-12)8-10-3-2-6-19-9-10/h4-5,7,10H,2-3,6,8-9H2,1H3,(H,15,17). The Labute approximate surface area is 116 Å². The van der Waals surface area contributed by atoms with E-state index in [-0.39, 0.29) is 5.69 Å². The molecule has 5 heteroatoms. The lowest BCUT2D eigenvalue weighted by Gasteiger charge is -2.21. The Kier molecular flexibility index (Phi) is 3.55. The van der Waals surface area contributed by atoms with Crippen molar-refractivity contribution in [2.75, 3.05) is 18.6 Å². The van der Waals surface area contributed by atoms with Crippen LogP contribution in [0.3, 0.4) is 0 Å². The number of aromatic amines is 1. The first kappa shape index (κ1) is 12.7. The summed E-state index contributed by atoms with van der Waals surface area (Å²) in [7, 11) is 1.65. The van der Waals surface area contributed by atoms with Crippen molar-refractivity contribution in [2.24, 2.45) is 5.92 Å². The topological polar surface area (TPSA) is 47.0 Å². The van der Waals surface area contributed by atoms with Crippen molar-refractivity contribution in [1.82, 2.24) is 9.55 Å². The fourth-order valence-electron chi connectivity index (χ4n) is 2.65.